The first kappa shape index (κ1) is 15.5. The number of thiophene rings is 1. The van der Waals surface area contributed by atoms with E-state index in [9.17, 15) is 14.4 Å². The molecule has 1 unspecified atom stereocenters. The number of carboxylic acid groups (broad SMARTS) is 1. The lowest BCUT2D eigenvalue weighted by Gasteiger charge is -2.16. The molecule has 1 aliphatic rings. The van der Waals surface area contributed by atoms with Gasteiger partial charge in [0.2, 0.25) is 5.91 Å². The standard InChI is InChI=1S/C14H18N2O4S/c1-8-2-5-11(21-8)14(20)15-7-12(17)16-10(6-13(18)19)9-3-4-9/h2,5,9-10H,3-4,6-7H2,1H3,(H,15,20)(H,16,17)(H,18,19). The minimum Gasteiger partial charge on any atom is -0.481 e. The predicted octanol–water partition coefficient (Wildman–Crippen LogP) is 1.16. The molecule has 1 aromatic rings. The van der Waals surface area contributed by atoms with E-state index in [1.165, 1.54) is 11.3 Å². The number of hydrogen-bond acceptors (Lipinski definition) is 4. The zero-order chi connectivity index (χ0) is 15.4. The lowest BCUT2D eigenvalue weighted by Crippen LogP contribution is -2.43. The second-order valence-corrected chi connectivity index (χ2v) is 6.49. The zero-order valence-electron chi connectivity index (χ0n) is 11.7. The second kappa shape index (κ2) is 6.71. The van der Waals surface area contributed by atoms with Crippen LogP contribution in [0.1, 0.15) is 33.8 Å². The van der Waals surface area contributed by atoms with E-state index in [4.69, 9.17) is 5.11 Å². The van der Waals surface area contributed by atoms with Crippen molar-refractivity contribution in [2.45, 2.75) is 32.2 Å². The molecule has 0 radical (unpaired) electrons. The van der Waals surface area contributed by atoms with Crippen LogP contribution in [0.4, 0.5) is 0 Å². The van der Waals surface area contributed by atoms with Gasteiger partial charge in [0.1, 0.15) is 0 Å². The molecule has 0 aliphatic heterocycles. The Balaban J connectivity index is 1.78. The monoisotopic (exact) mass is 310 g/mol. The fourth-order valence-corrected chi connectivity index (χ4v) is 2.87. The molecule has 1 aliphatic carbocycles. The Labute approximate surface area is 126 Å². The fourth-order valence-electron chi connectivity index (χ4n) is 2.08. The largest absolute Gasteiger partial charge is 0.481 e. The quantitative estimate of drug-likeness (QED) is 0.704. The van der Waals surface area contributed by atoms with Crippen molar-refractivity contribution < 1.29 is 19.5 Å². The Morgan fingerprint density at radius 2 is 2.10 bits per heavy atom. The summed E-state index contributed by atoms with van der Waals surface area (Å²) in [6.45, 7) is 1.76. The van der Waals surface area contributed by atoms with Crippen LogP contribution in [0.15, 0.2) is 12.1 Å². The third kappa shape index (κ3) is 4.86. The maximum absolute atomic E-state index is 11.8. The number of hydrogen-bond donors (Lipinski definition) is 3. The van der Waals surface area contributed by atoms with Crippen molar-refractivity contribution in [3.8, 4) is 0 Å². The molecule has 0 saturated heterocycles. The van der Waals surface area contributed by atoms with Gasteiger partial charge in [0.25, 0.3) is 5.91 Å². The first-order valence-corrected chi connectivity index (χ1v) is 7.63. The van der Waals surface area contributed by atoms with Gasteiger partial charge in [-0.05, 0) is 37.8 Å². The van der Waals surface area contributed by atoms with Gasteiger partial charge in [-0.3, -0.25) is 14.4 Å². The summed E-state index contributed by atoms with van der Waals surface area (Å²) in [5, 5.41) is 14.1. The summed E-state index contributed by atoms with van der Waals surface area (Å²) in [5.41, 5.74) is 0. The molecule has 114 valence electrons. The molecular weight excluding hydrogens is 292 g/mol. The Morgan fingerprint density at radius 1 is 1.38 bits per heavy atom. The molecule has 3 N–H and O–H groups in total. The van der Waals surface area contributed by atoms with E-state index in [1.54, 1.807) is 6.07 Å². The summed E-state index contributed by atoms with van der Waals surface area (Å²) in [7, 11) is 0. The van der Waals surface area contributed by atoms with Crippen LogP contribution in [-0.2, 0) is 9.59 Å². The van der Waals surface area contributed by atoms with Crippen molar-refractivity contribution in [3.05, 3.63) is 21.9 Å². The Hall–Kier alpha value is -1.89. The van der Waals surface area contributed by atoms with Crippen LogP contribution >= 0.6 is 11.3 Å². The lowest BCUT2D eigenvalue weighted by molar-refractivity contribution is -0.137. The number of nitrogens with one attached hydrogen (secondary N) is 2. The molecule has 1 atom stereocenters. The van der Waals surface area contributed by atoms with Crippen LogP contribution in [0, 0.1) is 12.8 Å². The fraction of sp³-hybridized carbons (Fsp3) is 0.500. The molecule has 21 heavy (non-hydrogen) atoms. The molecule has 0 spiro atoms. The van der Waals surface area contributed by atoms with Gasteiger partial charge in [-0.2, -0.15) is 0 Å². The molecule has 1 fully saturated rings. The smallest absolute Gasteiger partial charge is 0.305 e. The van der Waals surface area contributed by atoms with E-state index in [1.807, 2.05) is 13.0 Å². The normalized spacial score (nSPS) is 15.3. The van der Waals surface area contributed by atoms with Crippen LogP contribution in [-0.4, -0.2) is 35.5 Å². The van der Waals surface area contributed by atoms with E-state index >= 15 is 0 Å². The van der Waals surface area contributed by atoms with Crippen molar-refractivity contribution in [1.82, 2.24) is 10.6 Å². The summed E-state index contributed by atoms with van der Waals surface area (Å²) in [5.74, 6) is -1.31. The molecule has 1 aromatic heterocycles. The Morgan fingerprint density at radius 3 is 2.62 bits per heavy atom. The predicted molar refractivity (Wildman–Crippen MR) is 78.3 cm³/mol. The maximum atomic E-state index is 11.8. The third-order valence-electron chi connectivity index (χ3n) is 3.31. The second-order valence-electron chi connectivity index (χ2n) is 5.20. The van der Waals surface area contributed by atoms with E-state index in [0.29, 0.717) is 4.88 Å². The van der Waals surface area contributed by atoms with Crippen LogP contribution in [0.3, 0.4) is 0 Å². The number of aliphatic carboxylic acids is 1. The average molecular weight is 310 g/mol. The van der Waals surface area contributed by atoms with Gasteiger partial charge >= 0.3 is 5.97 Å². The van der Waals surface area contributed by atoms with Crippen LogP contribution in [0.25, 0.3) is 0 Å². The van der Waals surface area contributed by atoms with Gasteiger partial charge in [0.15, 0.2) is 0 Å². The molecule has 6 nitrogen and oxygen atoms in total. The highest BCUT2D eigenvalue weighted by Gasteiger charge is 2.33. The SMILES string of the molecule is Cc1ccc(C(=O)NCC(=O)NC(CC(=O)O)C2CC2)s1. The molecule has 7 heteroatoms. The first-order chi connectivity index (χ1) is 9.95. The van der Waals surface area contributed by atoms with E-state index < -0.39 is 5.97 Å². The zero-order valence-corrected chi connectivity index (χ0v) is 12.5. The Bertz CT molecular complexity index is 551. The van der Waals surface area contributed by atoms with E-state index in [-0.39, 0.29) is 36.7 Å². The summed E-state index contributed by atoms with van der Waals surface area (Å²) < 4.78 is 0. The van der Waals surface area contributed by atoms with Crippen molar-refractivity contribution in [2.75, 3.05) is 6.54 Å². The summed E-state index contributed by atoms with van der Waals surface area (Å²) in [6, 6.07) is 3.22. The van der Waals surface area contributed by atoms with E-state index in [0.717, 1.165) is 17.7 Å². The summed E-state index contributed by atoms with van der Waals surface area (Å²) in [6.07, 6.45) is 1.81. The number of aryl methyl sites for hydroxylation is 1. The van der Waals surface area contributed by atoms with Crippen LogP contribution < -0.4 is 10.6 Å². The number of carbonyl (C=O) groups excluding carboxylic acids is 2. The average Bonchev–Trinajstić information content (AvgIpc) is 3.17. The molecule has 1 heterocycles. The first-order valence-electron chi connectivity index (χ1n) is 6.81. The van der Waals surface area contributed by atoms with E-state index in [2.05, 4.69) is 10.6 Å². The number of amides is 2. The Kier molecular flexibility index (Phi) is 4.95. The van der Waals surface area contributed by atoms with Gasteiger partial charge in [0.05, 0.1) is 17.8 Å². The van der Waals surface area contributed by atoms with Crippen molar-refractivity contribution >= 4 is 29.1 Å². The highest BCUT2D eigenvalue weighted by Crippen LogP contribution is 2.33. The molecule has 1 saturated carbocycles. The van der Waals surface area contributed by atoms with Crippen LogP contribution in [0.5, 0.6) is 0 Å². The van der Waals surface area contributed by atoms with Gasteiger partial charge < -0.3 is 15.7 Å². The van der Waals surface area contributed by atoms with Crippen molar-refractivity contribution in [1.29, 1.82) is 0 Å². The van der Waals surface area contributed by atoms with Gasteiger partial charge in [-0.25, -0.2) is 0 Å². The molecular formula is C14H18N2O4S. The maximum Gasteiger partial charge on any atom is 0.305 e. The highest BCUT2D eigenvalue weighted by atomic mass is 32.1. The minimum atomic E-state index is -0.926. The molecule has 2 rings (SSSR count). The molecule has 0 bridgehead atoms. The highest BCUT2D eigenvalue weighted by molar-refractivity contribution is 7.13. The number of carboxylic acids is 1. The number of rotatable bonds is 7. The van der Waals surface area contributed by atoms with Crippen molar-refractivity contribution in [2.24, 2.45) is 5.92 Å². The summed E-state index contributed by atoms with van der Waals surface area (Å²) >= 11 is 1.36. The summed E-state index contributed by atoms with van der Waals surface area (Å²) in [4.78, 5) is 35.9. The molecule has 0 aromatic carbocycles. The minimum absolute atomic E-state index is 0.0749. The number of carbonyl (C=O) groups is 3. The molecule has 2 amide bonds. The van der Waals surface area contributed by atoms with Crippen molar-refractivity contribution in [3.63, 3.8) is 0 Å². The van der Waals surface area contributed by atoms with Crippen LogP contribution in [0.2, 0.25) is 0 Å². The van der Waals surface area contributed by atoms with Gasteiger partial charge in [-0.1, -0.05) is 0 Å². The lowest BCUT2D eigenvalue weighted by atomic mass is 10.1. The third-order valence-corrected chi connectivity index (χ3v) is 4.31. The van der Waals surface area contributed by atoms with Gasteiger partial charge in [0, 0.05) is 10.9 Å². The van der Waals surface area contributed by atoms with Gasteiger partial charge in [-0.15, -0.1) is 11.3 Å². The topological polar surface area (TPSA) is 95.5 Å².